The van der Waals surface area contributed by atoms with Gasteiger partial charge in [0, 0.05) is 12.1 Å². The van der Waals surface area contributed by atoms with Crippen LogP contribution in [-0.2, 0) is 4.79 Å². The monoisotopic (exact) mass is 302 g/mol. The zero-order valence-corrected chi connectivity index (χ0v) is 13.0. The first-order chi connectivity index (χ1) is 10.5. The minimum Gasteiger partial charge on any atom is -0.497 e. The summed E-state index contributed by atoms with van der Waals surface area (Å²) in [5.74, 6) is 1.62. The molecule has 0 saturated carbocycles. The summed E-state index contributed by atoms with van der Waals surface area (Å²) in [7, 11) is 3.15. The summed E-state index contributed by atoms with van der Waals surface area (Å²) in [6, 6.07) is 5.38. The molecule has 6 heteroatoms. The van der Waals surface area contributed by atoms with Gasteiger partial charge in [0.25, 0.3) is 0 Å². The zero-order chi connectivity index (χ0) is 16.1. The number of amides is 1. The number of hydrogen-bond donors (Lipinski definition) is 1. The van der Waals surface area contributed by atoms with Crippen molar-refractivity contribution in [1.29, 1.82) is 0 Å². The van der Waals surface area contributed by atoms with Gasteiger partial charge in [-0.25, -0.2) is 0 Å². The molecule has 0 aliphatic rings. The summed E-state index contributed by atoms with van der Waals surface area (Å²) in [6.45, 7) is 3.51. The van der Waals surface area contributed by atoms with E-state index in [9.17, 15) is 4.79 Å². The average molecular weight is 302 g/mol. The van der Waals surface area contributed by atoms with E-state index in [2.05, 4.69) is 10.5 Å². The van der Waals surface area contributed by atoms with Gasteiger partial charge in [-0.05, 0) is 37.6 Å². The van der Waals surface area contributed by atoms with Gasteiger partial charge in [-0.1, -0.05) is 5.16 Å². The number of carbonyl (C=O) groups is 1. The van der Waals surface area contributed by atoms with Crippen molar-refractivity contribution in [3.05, 3.63) is 41.3 Å². The molecule has 0 radical (unpaired) electrons. The molecule has 0 spiro atoms. The van der Waals surface area contributed by atoms with Crippen LogP contribution in [0.15, 0.2) is 28.8 Å². The van der Waals surface area contributed by atoms with Crippen LogP contribution in [0.1, 0.15) is 17.0 Å². The Morgan fingerprint density at radius 1 is 1.18 bits per heavy atom. The molecule has 6 nitrogen and oxygen atoms in total. The van der Waals surface area contributed by atoms with Crippen molar-refractivity contribution < 1.29 is 18.8 Å². The first-order valence-electron chi connectivity index (χ1n) is 6.68. The van der Waals surface area contributed by atoms with Gasteiger partial charge in [0.15, 0.2) is 5.76 Å². The number of benzene rings is 1. The minimum atomic E-state index is -0.267. The maximum Gasteiger partial charge on any atom is 0.248 e. The zero-order valence-electron chi connectivity index (χ0n) is 13.0. The lowest BCUT2D eigenvalue weighted by molar-refractivity contribution is -0.111. The van der Waals surface area contributed by atoms with Gasteiger partial charge in [0.1, 0.15) is 22.9 Å². The molecule has 0 atom stereocenters. The minimum absolute atomic E-state index is 0.267. The van der Waals surface area contributed by atoms with E-state index in [4.69, 9.17) is 14.0 Å². The van der Waals surface area contributed by atoms with Gasteiger partial charge in [-0.2, -0.15) is 0 Å². The Bertz CT molecular complexity index is 662. The number of methoxy groups -OCH3 is 2. The molecular formula is C16H18N2O4. The Balaban J connectivity index is 2.13. The molecule has 1 amide bonds. The number of hydrogen-bond acceptors (Lipinski definition) is 5. The van der Waals surface area contributed by atoms with E-state index in [1.165, 1.54) is 6.08 Å². The van der Waals surface area contributed by atoms with Gasteiger partial charge < -0.3 is 19.3 Å². The number of rotatable bonds is 5. The third-order valence-electron chi connectivity index (χ3n) is 3.08. The number of ether oxygens (including phenoxy) is 2. The van der Waals surface area contributed by atoms with E-state index < -0.39 is 0 Å². The second kappa shape index (κ2) is 6.80. The fourth-order valence-corrected chi connectivity index (χ4v) is 1.92. The highest BCUT2D eigenvalue weighted by Crippen LogP contribution is 2.23. The molecule has 2 aromatic rings. The normalized spacial score (nSPS) is 10.7. The Kier molecular flexibility index (Phi) is 4.83. The number of carbonyl (C=O) groups excluding carboxylic acids is 1. The maximum absolute atomic E-state index is 12.0. The number of nitrogens with zero attached hydrogens (tertiary/aromatic N) is 1. The van der Waals surface area contributed by atoms with Crippen molar-refractivity contribution in [2.24, 2.45) is 0 Å². The molecule has 2 rings (SSSR count). The van der Waals surface area contributed by atoms with Crippen LogP contribution in [0.25, 0.3) is 6.08 Å². The quantitative estimate of drug-likeness (QED) is 0.860. The van der Waals surface area contributed by atoms with Gasteiger partial charge in [-0.15, -0.1) is 0 Å². The van der Waals surface area contributed by atoms with Crippen LogP contribution in [0.2, 0.25) is 0 Å². The summed E-state index contributed by atoms with van der Waals surface area (Å²) in [5.41, 5.74) is 2.03. The lowest BCUT2D eigenvalue weighted by atomic mass is 10.2. The van der Waals surface area contributed by atoms with Crippen LogP contribution in [0, 0.1) is 13.8 Å². The predicted octanol–water partition coefficient (Wildman–Crippen LogP) is 2.96. The summed E-state index contributed by atoms with van der Waals surface area (Å²) in [5, 5.41) is 6.53. The van der Waals surface area contributed by atoms with Gasteiger partial charge in [-0.3, -0.25) is 4.79 Å². The van der Waals surface area contributed by atoms with Crippen LogP contribution >= 0.6 is 0 Å². The van der Waals surface area contributed by atoms with Crippen molar-refractivity contribution in [3.63, 3.8) is 0 Å². The maximum atomic E-state index is 12.0. The van der Waals surface area contributed by atoms with Crippen LogP contribution < -0.4 is 14.8 Å². The molecule has 0 aliphatic heterocycles. The highest BCUT2D eigenvalue weighted by Gasteiger charge is 2.10. The van der Waals surface area contributed by atoms with Crippen molar-refractivity contribution in [3.8, 4) is 11.5 Å². The third-order valence-corrected chi connectivity index (χ3v) is 3.08. The van der Waals surface area contributed by atoms with E-state index in [-0.39, 0.29) is 5.91 Å². The Hall–Kier alpha value is -2.76. The lowest BCUT2D eigenvalue weighted by Crippen LogP contribution is -2.08. The molecule has 116 valence electrons. The second-order valence-corrected chi connectivity index (χ2v) is 4.67. The highest BCUT2D eigenvalue weighted by atomic mass is 16.5. The van der Waals surface area contributed by atoms with Crippen molar-refractivity contribution in [2.75, 3.05) is 19.5 Å². The summed E-state index contributed by atoms with van der Waals surface area (Å²) in [6.07, 6.45) is 3.11. The van der Waals surface area contributed by atoms with E-state index in [0.717, 1.165) is 5.56 Å². The molecule has 0 bridgehead atoms. The fraction of sp³-hybridized carbons (Fsp3) is 0.250. The number of aryl methyl sites for hydroxylation is 2. The first kappa shape index (κ1) is 15.6. The van der Waals surface area contributed by atoms with Crippen molar-refractivity contribution in [1.82, 2.24) is 5.16 Å². The third kappa shape index (κ3) is 3.66. The summed E-state index contributed by atoms with van der Waals surface area (Å²) < 4.78 is 15.4. The van der Waals surface area contributed by atoms with Crippen LogP contribution in [-0.4, -0.2) is 25.3 Å². The molecule has 1 heterocycles. The summed E-state index contributed by atoms with van der Waals surface area (Å²) >= 11 is 0. The molecule has 1 N–H and O–H groups in total. The van der Waals surface area contributed by atoms with Crippen LogP contribution in [0.4, 0.5) is 5.69 Å². The average Bonchev–Trinajstić information content (AvgIpc) is 2.84. The predicted molar refractivity (Wildman–Crippen MR) is 83.2 cm³/mol. The number of anilines is 1. The first-order valence-corrected chi connectivity index (χ1v) is 6.68. The molecule has 1 aromatic carbocycles. The Labute approximate surface area is 128 Å². The standard InChI is InChI=1S/C16H18N2O4/c1-10-16(11(2)22-18-10)17-15(19)6-5-12-7-13(20-3)9-14(8-12)21-4/h5-9H,1-4H3,(H,17,19)/b6-5-. The topological polar surface area (TPSA) is 73.6 Å². The Morgan fingerprint density at radius 2 is 1.82 bits per heavy atom. The number of aromatic nitrogens is 1. The van der Waals surface area contributed by atoms with Crippen LogP contribution in [0.3, 0.4) is 0 Å². The molecule has 0 unspecified atom stereocenters. The SMILES string of the molecule is COc1cc(/C=C\C(=O)Nc2c(C)noc2C)cc(OC)c1. The summed E-state index contributed by atoms with van der Waals surface area (Å²) in [4.78, 5) is 12.0. The Morgan fingerprint density at radius 3 is 2.32 bits per heavy atom. The van der Waals surface area contributed by atoms with E-state index in [1.54, 1.807) is 40.2 Å². The van der Waals surface area contributed by atoms with Gasteiger partial charge in [0.05, 0.1) is 14.2 Å². The van der Waals surface area contributed by atoms with E-state index in [1.807, 2.05) is 12.1 Å². The largest absolute Gasteiger partial charge is 0.497 e. The molecule has 1 aromatic heterocycles. The lowest BCUT2D eigenvalue weighted by Gasteiger charge is -2.05. The van der Waals surface area contributed by atoms with Crippen molar-refractivity contribution in [2.45, 2.75) is 13.8 Å². The molecule has 0 fully saturated rings. The smallest absolute Gasteiger partial charge is 0.248 e. The fourth-order valence-electron chi connectivity index (χ4n) is 1.92. The van der Waals surface area contributed by atoms with Crippen LogP contribution in [0.5, 0.6) is 11.5 Å². The van der Waals surface area contributed by atoms with Gasteiger partial charge in [0.2, 0.25) is 5.91 Å². The van der Waals surface area contributed by atoms with E-state index in [0.29, 0.717) is 28.6 Å². The molecular weight excluding hydrogens is 284 g/mol. The molecule has 22 heavy (non-hydrogen) atoms. The molecule has 0 saturated heterocycles. The number of nitrogens with one attached hydrogen (secondary N) is 1. The van der Waals surface area contributed by atoms with Crippen molar-refractivity contribution >= 4 is 17.7 Å². The highest BCUT2D eigenvalue weighted by molar-refractivity contribution is 6.02. The molecule has 0 aliphatic carbocycles. The van der Waals surface area contributed by atoms with E-state index >= 15 is 0 Å². The second-order valence-electron chi connectivity index (χ2n) is 4.67. The van der Waals surface area contributed by atoms with Gasteiger partial charge >= 0.3 is 0 Å².